The molecular weight excluding hydrogens is 784 g/mol. The van der Waals surface area contributed by atoms with Crippen molar-refractivity contribution in [3.05, 3.63) is 224 Å². The van der Waals surface area contributed by atoms with Gasteiger partial charge in [-0.1, -0.05) is 152 Å². The van der Waals surface area contributed by atoms with Crippen LogP contribution in [0.25, 0.3) is 86.5 Å². The van der Waals surface area contributed by atoms with Gasteiger partial charge in [-0.2, -0.15) is 0 Å². The van der Waals surface area contributed by atoms with Crippen LogP contribution in [0.1, 0.15) is 0 Å². The number of rotatable bonds is 3. The Hall–Kier alpha value is -8.40. The molecule has 0 aromatic heterocycles. The van der Waals surface area contributed by atoms with Gasteiger partial charge in [0.25, 0.3) is 6.71 Å². The number of fused-ring (bicyclic) bond motifs is 10. The van der Waals surface area contributed by atoms with Crippen molar-refractivity contribution in [3.8, 4) is 11.1 Å². The lowest BCUT2D eigenvalue weighted by Crippen LogP contribution is -2.61. The van der Waals surface area contributed by atoms with Crippen LogP contribution in [-0.4, -0.2) is 6.71 Å². The average molecular weight is 821 g/mol. The van der Waals surface area contributed by atoms with Crippen molar-refractivity contribution in [1.29, 1.82) is 0 Å². The molecule has 0 saturated carbocycles. The summed E-state index contributed by atoms with van der Waals surface area (Å²) in [7, 11) is 0. The van der Waals surface area contributed by atoms with Gasteiger partial charge in [0.05, 0.1) is 0 Å². The smallest absolute Gasteiger partial charge is 0.252 e. The third kappa shape index (κ3) is 4.95. The molecule has 298 valence electrons. The first kappa shape index (κ1) is 35.1. The molecule has 65 heavy (non-hydrogen) atoms. The quantitative estimate of drug-likeness (QED) is 0.0995. The highest BCUT2D eigenvalue weighted by Crippen LogP contribution is 2.50. The summed E-state index contributed by atoms with van der Waals surface area (Å²) < 4.78 is 0. The lowest BCUT2D eigenvalue weighted by molar-refractivity contribution is 1.27. The summed E-state index contributed by atoms with van der Waals surface area (Å²) >= 11 is 0. The summed E-state index contributed by atoms with van der Waals surface area (Å²) in [5.41, 5.74) is 13.5. The minimum atomic E-state index is -0.0313. The first-order chi connectivity index (χ1) is 32.2. The van der Waals surface area contributed by atoms with E-state index in [0.717, 1.165) is 11.4 Å². The molecule has 0 bridgehead atoms. The molecule has 13 aromatic carbocycles. The highest BCUT2D eigenvalue weighted by atomic mass is 15.2. The van der Waals surface area contributed by atoms with Crippen LogP contribution in [0, 0.1) is 0 Å². The molecule has 0 aliphatic carbocycles. The van der Waals surface area contributed by atoms with E-state index in [1.165, 1.54) is 126 Å². The summed E-state index contributed by atoms with van der Waals surface area (Å²) in [6.45, 7) is -0.0313. The van der Waals surface area contributed by atoms with Crippen molar-refractivity contribution < 1.29 is 0 Å². The fourth-order valence-corrected chi connectivity index (χ4v) is 11.8. The van der Waals surface area contributed by atoms with Gasteiger partial charge < -0.3 is 9.80 Å². The molecule has 13 aromatic rings. The number of hydrogen-bond donors (Lipinski definition) is 0. The second-order valence-corrected chi connectivity index (χ2v) is 18.1. The molecule has 3 heteroatoms. The molecule has 15 rings (SSSR count). The Balaban J connectivity index is 1.11. The van der Waals surface area contributed by atoms with E-state index >= 15 is 0 Å². The Kier molecular flexibility index (Phi) is 7.06. The van der Waals surface area contributed by atoms with Crippen LogP contribution >= 0.6 is 0 Å². The van der Waals surface area contributed by atoms with Gasteiger partial charge in [0.15, 0.2) is 0 Å². The van der Waals surface area contributed by atoms with E-state index < -0.39 is 0 Å². The molecule has 0 N–H and O–H groups in total. The van der Waals surface area contributed by atoms with Gasteiger partial charge in [-0.15, -0.1) is 0 Å². The molecule has 0 unspecified atom stereocenters. The van der Waals surface area contributed by atoms with Gasteiger partial charge in [0.2, 0.25) is 0 Å². The first-order valence-corrected chi connectivity index (χ1v) is 22.7. The van der Waals surface area contributed by atoms with Crippen molar-refractivity contribution in [2.45, 2.75) is 0 Å². The molecule has 0 radical (unpaired) electrons. The van der Waals surface area contributed by atoms with Crippen molar-refractivity contribution in [2.24, 2.45) is 0 Å². The molecule has 2 aliphatic rings. The highest BCUT2D eigenvalue weighted by molar-refractivity contribution is 7.00. The number of anilines is 6. The van der Waals surface area contributed by atoms with Gasteiger partial charge in [0.1, 0.15) is 0 Å². The summed E-state index contributed by atoms with van der Waals surface area (Å²) in [6, 6.07) is 84.6. The van der Waals surface area contributed by atoms with Gasteiger partial charge in [-0.3, -0.25) is 0 Å². The Morgan fingerprint density at radius 1 is 0.277 bits per heavy atom. The predicted molar refractivity (Wildman–Crippen MR) is 280 cm³/mol. The maximum Gasteiger partial charge on any atom is 0.252 e. The van der Waals surface area contributed by atoms with Crippen molar-refractivity contribution >= 4 is 133 Å². The lowest BCUT2D eigenvalue weighted by Gasteiger charge is -2.45. The van der Waals surface area contributed by atoms with E-state index in [2.05, 4.69) is 234 Å². The zero-order valence-corrected chi connectivity index (χ0v) is 35.3. The molecule has 0 amide bonds. The van der Waals surface area contributed by atoms with Crippen LogP contribution in [0.3, 0.4) is 0 Å². The van der Waals surface area contributed by atoms with E-state index in [1.54, 1.807) is 0 Å². The SMILES string of the molecule is c1ccc(N2c3cc(-c4cc5ccc6cccc7ccc(c4)c5c67)cc4c3B(c3ccc5cc6ccccc6cc5c32)c2ccc3cc5ccccc5cc3c2N4c2ccccc2)cc1. The second kappa shape index (κ2) is 13.1. The Labute approximate surface area is 376 Å². The maximum atomic E-state index is 2.58. The van der Waals surface area contributed by atoms with E-state index in [-0.39, 0.29) is 6.71 Å². The Morgan fingerprint density at radius 3 is 1.15 bits per heavy atom. The summed E-state index contributed by atoms with van der Waals surface area (Å²) in [6.07, 6.45) is 0. The van der Waals surface area contributed by atoms with Crippen LogP contribution < -0.4 is 26.2 Å². The standard InChI is InChI=1S/C62H37BN2/c1-3-18-50(19-4-1)64-56-36-49(48-32-46-24-22-38-16-11-17-39-23-25-47(33-48)59(46)58(38)39)37-57-60(56)63(54-28-26-44-30-40-12-7-9-14-42(40)34-52(44)61(54)64)55-29-27-45-31-41-13-8-10-15-43(41)35-53(45)62(55)65(57)51-20-5-2-6-21-51/h1-37H. The normalized spacial score (nSPS) is 13.1. The third-order valence-electron chi connectivity index (χ3n) is 14.6. The predicted octanol–water partition coefficient (Wildman–Crippen LogP) is 14.9. The van der Waals surface area contributed by atoms with Gasteiger partial charge in [-0.25, -0.2) is 0 Å². The van der Waals surface area contributed by atoms with Crippen molar-refractivity contribution in [3.63, 3.8) is 0 Å². The first-order valence-electron chi connectivity index (χ1n) is 22.7. The molecule has 2 heterocycles. The molecule has 0 spiro atoms. The Morgan fingerprint density at radius 2 is 0.662 bits per heavy atom. The van der Waals surface area contributed by atoms with E-state index in [9.17, 15) is 0 Å². The number of hydrogen-bond acceptors (Lipinski definition) is 2. The second-order valence-electron chi connectivity index (χ2n) is 18.1. The van der Waals surface area contributed by atoms with Crippen LogP contribution in [0.4, 0.5) is 34.1 Å². The van der Waals surface area contributed by atoms with Gasteiger partial charge in [-0.05, 0) is 165 Å². The highest BCUT2D eigenvalue weighted by Gasteiger charge is 2.45. The minimum Gasteiger partial charge on any atom is -0.311 e. The lowest BCUT2D eigenvalue weighted by atomic mass is 9.33. The topological polar surface area (TPSA) is 6.48 Å². The zero-order chi connectivity index (χ0) is 42.3. The molecule has 0 atom stereocenters. The van der Waals surface area contributed by atoms with Gasteiger partial charge >= 0.3 is 0 Å². The van der Waals surface area contributed by atoms with Crippen LogP contribution in [-0.2, 0) is 0 Å². The summed E-state index contributed by atoms with van der Waals surface area (Å²) in [5.74, 6) is 0. The zero-order valence-electron chi connectivity index (χ0n) is 35.3. The monoisotopic (exact) mass is 820 g/mol. The van der Waals surface area contributed by atoms with E-state index in [0.29, 0.717) is 0 Å². The summed E-state index contributed by atoms with van der Waals surface area (Å²) in [4.78, 5) is 5.16. The summed E-state index contributed by atoms with van der Waals surface area (Å²) in [5, 5.41) is 17.7. The number of benzene rings is 13. The molecule has 0 saturated heterocycles. The largest absolute Gasteiger partial charge is 0.311 e. The number of para-hydroxylation sites is 2. The van der Waals surface area contributed by atoms with Crippen LogP contribution in [0.5, 0.6) is 0 Å². The van der Waals surface area contributed by atoms with Crippen LogP contribution in [0.15, 0.2) is 224 Å². The third-order valence-corrected chi connectivity index (χ3v) is 14.6. The fourth-order valence-electron chi connectivity index (χ4n) is 11.8. The van der Waals surface area contributed by atoms with Gasteiger partial charge in [0, 0.05) is 44.9 Å². The Bertz CT molecular complexity index is 3890. The fraction of sp³-hybridized carbons (Fsp3) is 0. The molecular formula is C62H37BN2. The minimum absolute atomic E-state index is 0.0313. The van der Waals surface area contributed by atoms with Crippen LogP contribution in [0.2, 0.25) is 0 Å². The maximum absolute atomic E-state index is 2.58. The van der Waals surface area contributed by atoms with Crippen molar-refractivity contribution in [2.75, 3.05) is 9.80 Å². The van der Waals surface area contributed by atoms with E-state index in [4.69, 9.17) is 0 Å². The number of nitrogens with zero attached hydrogens (tertiary/aromatic N) is 2. The molecule has 0 fully saturated rings. The molecule has 2 aliphatic heterocycles. The van der Waals surface area contributed by atoms with Crippen molar-refractivity contribution in [1.82, 2.24) is 0 Å². The van der Waals surface area contributed by atoms with E-state index in [1.807, 2.05) is 0 Å². The molecule has 2 nitrogen and oxygen atoms in total. The average Bonchev–Trinajstić information content (AvgIpc) is 3.36.